The average Bonchev–Trinajstić information content (AvgIpc) is 2.90. The van der Waals surface area contributed by atoms with Gasteiger partial charge in [0.2, 0.25) is 5.91 Å². The molecule has 0 bridgehead atoms. The van der Waals surface area contributed by atoms with Gasteiger partial charge in [-0.3, -0.25) is 9.69 Å². The summed E-state index contributed by atoms with van der Waals surface area (Å²) in [7, 11) is 1.62. The fraction of sp³-hybridized carbons (Fsp3) is 0.276. The van der Waals surface area contributed by atoms with Crippen molar-refractivity contribution in [3.63, 3.8) is 0 Å². The first-order valence-electron chi connectivity index (χ1n) is 12.0. The molecule has 0 saturated carbocycles. The fourth-order valence-corrected chi connectivity index (χ4v) is 4.97. The quantitative estimate of drug-likeness (QED) is 0.270. The van der Waals surface area contributed by atoms with E-state index in [1.165, 1.54) is 11.1 Å². The van der Waals surface area contributed by atoms with Gasteiger partial charge in [-0.2, -0.15) is 0 Å². The summed E-state index contributed by atoms with van der Waals surface area (Å²) >= 11 is 7.09. The molecule has 1 aliphatic rings. The standard InChI is InChI=1S/C29H30Br2N2O3/c1-3-36-26-14-4-21(20-27(26)35-2)5-15-28(34)32-16-18-33(19-17-32)29(22-6-10-24(30)11-7-22)23-8-12-25(31)13-9-23/h4-15,20,29H,3,16-19H2,1-2H3/b15-5+. The summed E-state index contributed by atoms with van der Waals surface area (Å²) in [6, 6.07) is 22.8. The van der Waals surface area contributed by atoms with Crippen molar-refractivity contribution in [2.45, 2.75) is 13.0 Å². The normalized spacial score (nSPS) is 14.4. The Hall–Kier alpha value is -2.61. The summed E-state index contributed by atoms with van der Waals surface area (Å²) in [6.07, 6.45) is 3.48. The van der Waals surface area contributed by atoms with Crippen LogP contribution < -0.4 is 9.47 Å². The minimum atomic E-state index is 0.0198. The maximum atomic E-state index is 12.9. The van der Waals surface area contributed by atoms with Crippen LogP contribution in [0.5, 0.6) is 11.5 Å². The number of hydrogen-bond acceptors (Lipinski definition) is 4. The minimum absolute atomic E-state index is 0.0198. The number of amides is 1. The molecule has 0 N–H and O–H groups in total. The van der Waals surface area contributed by atoms with Crippen LogP contribution in [0.2, 0.25) is 0 Å². The number of nitrogens with zero attached hydrogens (tertiary/aromatic N) is 2. The van der Waals surface area contributed by atoms with Crippen molar-refractivity contribution >= 4 is 43.8 Å². The number of halogens is 2. The molecule has 188 valence electrons. The number of benzene rings is 3. The smallest absolute Gasteiger partial charge is 0.246 e. The van der Waals surface area contributed by atoms with E-state index in [2.05, 4.69) is 85.3 Å². The zero-order valence-electron chi connectivity index (χ0n) is 20.5. The SMILES string of the molecule is CCOc1ccc(/C=C/C(=O)N2CCN(C(c3ccc(Br)cc3)c3ccc(Br)cc3)CC2)cc1OC. The molecule has 0 aliphatic carbocycles. The van der Waals surface area contributed by atoms with E-state index in [1.54, 1.807) is 13.2 Å². The number of methoxy groups -OCH3 is 1. The third kappa shape index (κ3) is 6.58. The van der Waals surface area contributed by atoms with E-state index in [0.717, 1.165) is 27.6 Å². The highest BCUT2D eigenvalue weighted by atomic mass is 79.9. The van der Waals surface area contributed by atoms with Crippen LogP contribution in [0, 0.1) is 0 Å². The number of piperazine rings is 1. The van der Waals surface area contributed by atoms with Gasteiger partial charge in [0.25, 0.3) is 0 Å². The average molecular weight is 614 g/mol. The lowest BCUT2D eigenvalue weighted by Crippen LogP contribution is -2.49. The molecule has 0 spiro atoms. The molecule has 7 heteroatoms. The van der Waals surface area contributed by atoms with Gasteiger partial charge in [-0.1, -0.05) is 62.2 Å². The monoisotopic (exact) mass is 612 g/mol. The van der Waals surface area contributed by atoms with Crippen LogP contribution in [0.15, 0.2) is 81.8 Å². The van der Waals surface area contributed by atoms with Crippen LogP contribution >= 0.6 is 31.9 Å². The Kier molecular flexibility index (Phi) is 9.24. The maximum absolute atomic E-state index is 12.9. The summed E-state index contributed by atoms with van der Waals surface area (Å²) in [5.74, 6) is 1.38. The zero-order chi connectivity index (χ0) is 25.5. The highest BCUT2D eigenvalue weighted by Crippen LogP contribution is 2.32. The number of rotatable bonds is 8. The highest BCUT2D eigenvalue weighted by Gasteiger charge is 2.27. The van der Waals surface area contributed by atoms with Gasteiger partial charge in [0.05, 0.1) is 19.8 Å². The van der Waals surface area contributed by atoms with Crippen molar-refractivity contribution in [1.29, 1.82) is 0 Å². The van der Waals surface area contributed by atoms with Crippen molar-refractivity contribution in [3.8, 4) is 11.5 Å². The van der Waals surface area contributed by atoms with Crippen LogP contribution in [0.4, 0.5) is 0 Å². The molecule has 1 amide bonds. The summed E-state index contributed by atoms with van der Waals surface area (Å²) in [6.45, 7) is 5.46. The Balaban J connectivity index is 1.43. The second-order valence-electron chi connectivity index (χ2n) is 8.54. The third-order valence-electron chi connectivity index (χ3n) is 6.27. The molecule has 36 heavy (non-hydrogen) atoms. The lowest BCUT2D eigenvalue weighted by Gasteiger charge is -2.39. The molecule has 1 aliphatic heterocycles. The maximum Gasteiger partial charge on any atom is 0.246 e. The third-order valence-corrected chi connectivity index (χ3v) is 7.33. The molecule has 5 nitrogen and oxygen atoms in total. The van der Waals surface area contributed by atoms with Crippen LogP contribution in [-0.4, -0.2) is 55.6 Å². The first-order chi connectivity index (χ1) is 17.5. The predicted octanol–water partition coefficient (Wildman–Crippen LogP) is 6.57. The molecular weight excluding hydrogens is 584 g/mol. The molecule has 4 rings (SSSR count). The topological polar surface area (TPSA) is 42.0 Å². The number of hydrogen-bond donors (Lipinski definition) is 0. The van der Waals surface area contributed by atoms with E-state index in [4.69, 9.17) is 9.47 Å². The summed E-state index contributed by atoms with van der Waals surface area (Å²) in [4.78, 5) is 17.3. The molecule has 0 atom stereocenters. The van der Waals surface area contributed by atoms with Gasteiger partial charge in [0.1, 0.15) is 0 Å². The number of carbonyl (C=O) groups is 1. The second-order valence-corrected chi connectivity index (χ2v) is 10.4. The summed E-state index contributed by atoms with van der Waals surface area (Å²) in [5, 5.41) is 0. The molecule has 0 radical (unpaired) electrons. The summed E-state index contributed by atoms with van der Waals surface area (Å²) < 4.78 is 13.1. The van der Waals surface area contributed by atoms with E-state index in [9.17, 15) is 4.79 Å². The molecule has 1 heterocycles. The Morgan fingerprint density at radius 1 is 0.889 bits per heavy atom. The van der Waals surface area contributed by atoms with E-state index in [1.807, 2.05) is 36.1 Å². The molecule has 3 aromatic rings. The van der Waals surface area contributed by atoms with Crippen molar-refractivity contribution in [3.05, 3.63) is 98.4 Å². The molecule has 0 aromatic heterocycles. The van der Waals surface area contributed by atoms with Gasteiger partial charge in [-0.05, 0) is 66.1 Å². The molecule has 1 saturated heterocycles. The van der Waals surface area contributed by atoms with E-state index < -0.39 is 0 Å². The number of carbonyl (C=O) groups excluding carboxylic acids is 1. The fourth-order valence-electron chi connectivity index (χ4n) is 4.44. The van der Waals surface area contributed by atoms with Gasteiger partial charge in [-0.15, -0.1) is 0 Å². The molecular formula is C29H30Br2N2O3. The van der Waals surface area contributed by atoms with Gasteiger partial charge < -0.3 is 14.4 Å². The Morgan fingerprint density at radius 2 is 1.47 bits per heavy atom. The van der Waals surface area contributed by atoms with E-state index in [0.29, 0.717) is 31.2 Å². The first-order valence-corrected chi connectivity index (χ1v) is 13.6. The molecule has 3 aromatic carbocycles. The Bertz CT molecular complexity index is 1140. The highest BCUT2D eigenvalue weighted by molar-refractivity contribution is 9.10. The van der Waals surface area contributed by atoms with Crippen LogP contribution in [0.25, 0.3) is 6.08 Å². The second kappa shape index (κ2) is 12.6. The van der Waals surface area contributed by atoms with Crippen LogP contribution in [0.1, 0.15) is 29.7 Å². The van der Waals surface area contributed by atoms with Crippen molar-refractivity contribution in [1.82, 2.24) is 9.80 Å². The Labute approximate surface area is 230 Å². The molecule has 1 fully saturated rings. The molecule has 0 unspecified atom stereocenters. The van der Waals surface area contributed by atoms with Crippen LogP contribution in [0.3, 0.4) is 0 Å². The van der Waals surface area contributed by atoms with Crippen molar-refractivity contribution < 1.29 is 14.3 Å². The predicted molar refractivity (Wildman–Crippen MR) is 151 cm³/mol. The largest absolute Gasteiger partial charge is 0.493 e. The lowest BCUT2D eigenvalue weighted by atomic mass is 9.96. The summed E-state index contributed by atoms with van der Waals surface area (Å²) in [5.41, 5.74) is 3.38. The van der Waals surface area contributed by atoms with Gasteiger partial charge in [-0.25, -0.2) is 0 Å². The lowest BCUT2D eigenvalue weighted by molar-refractivity contribution is -0.127. The Morgan fingerprint density at radius 3 is 2.00 bits per heavy atom. The minimum Gasteiger partial charge on any atom is -0.493 e. The van der Waals surface area contributed by atoms with E-state index >= 15 is 0 Å². The van der Waals surface area contributed by atoms with Gasteiger partial charge in [0, 0.05) is 41.2 Å². The van der Waals surface area contributed by atoms with Crippen molar-refractivity contribution in [2.75, 3.05) is 39.9 Å². The van der Waals surface area contributed by atoms with Gasteiger partial charge in [0.15, 0.2) is 11.5 Å². The first kappa shape index (κ1) is 26.5. The number of ether oxygens (including phenoxy) is 2. The van der Waals surface area contributed by atoms with Crippen molar-refractivity contribution in [2.24, 2.45) is 0 Å². The van der Waals surface area contributed by atoms with E-state index in [-0.39, 0.29) is 11.9 Å². The van der Waals surface area contributed by atoms with Crippen LogP contribution in [-0.2, 0) is 4.79 Å². The van der Waals surface area contributed by atoms with Gasteiger partial charge >= 0.3 is 0 Å². The zero-order valence-corrected chi connectivity index (χ0v) is 23.7.